The number of carbonyl (C=O) groups is 1. The number of benzene rings is 2. The number of aromatic nitrogens is 3. The Morgan fingerprint density at radius 3 is 2.60 bits per heavy atom. The first-order chi connectivity index (χ1) is 14.6. The van der Waals surface area contributed by atoms with Crippen molar-refractivity contribution in [1.82, 2.24) is 14.5 Å². The molecule has 0 aliphatic rings. The lowest BCUT2D eigenvalue weighted by Gasteiger charge is -2.12. The van der Waals surface area contributed by atoms with Crippen molar-refractivity contribution >= 4 is 45.7 Å². The number of rotatable bonds is 7. The highest BCUT2D eigenvalue weighted by Crippen LogP contribution is 2.31. The van der Waals surface area contributed by atoms with Crippen molar-refractivity contribution in [3.05, 3.63) is 71.3 Å². The Morgan fingerprint density at radius 2 is 1.93 bits per heavy atom. The number of anilines is 1. The van der Waals surface area contributed by atoms with E-state index in [4.69, 9.17) is 16.3 Å². The molecule has 4 rings (SSSR count). The van der Waals surface area contributed by atoms with Crippen molar-refractivity contribution in [1.29, 1.82) is 0 Å². The third-order valence-electron chi connectivity index (χ3n) is 4.21. The minimum atomic E-state index is -0.133. The molecule has 152 valence electrons. The van der Waals surface area contributed by atoms with Crippen molar-refractivity contribution in [2.75, 3.05) is 18.2 Å². The molecule has 1 N–H and O–H groups in total. The summed E-state index contributed by atoms with van der Waals surface area (Å²) in [5.74, 6) is 0.864. The van der Waals surface area contributed by atoms with Crippen molar-refractivity contribution in [3.63, 3.8) is 0 Å². The summed E-state index contributed by atoms with van der Waals surface area (Å²) in [4.78, 5) is 20.9. The largest absolute Gasteiger partial charge is 0.497 e. The Kier molecular flexibility index (Phi) is 6.37. The Hall–Kier alpha value is -2.81. The fraction of sp³-hybridized carbons (Fsp3) is 0.0952. The average Bonchev–Trinajstić information content (AvgIpc) is 3.43. The van der Waals surface area contributed by atoms with Gasteiger partial charge in [-0.15, -0.1) is 11.3 Å². The zero-order chi connectivity index (χ0) is 20.9. The van der Waals surface area contributed by atoms with E-state index in [1.54, 1.807) is 19.5 Å². The minimum Gasteiger partial charge on any atom is -0.497 e. The van der Waals surface area contributed by atoms with Gasteiger partial charge in [-0.25, -0.2) is 9.97 Å². The van der Waals surface area contributed by atoms with E-state index in [0.717, 1.165) is 22.7 Å². The second-order valence-electron chi connectivity index (χ2n) is 6.14. The minimum absolute atomic E-state index is 0.133. The van der Waals surface area contributed by atoms with Crippen LogP contribution in [0.5, 0.6) is 5.75 Å². The molecule has 2 aromatic carbocycles. The van der Waals surface area contributed by atoms with Crippen LogP contribution in [0.15, 0.2) is 71.5 Å². The molecule has 2 heterocycles. The van der Waals surface area contributed by atoms with Gasteiger partial charge in [0.15, 0.2) is 10.3 Å². The van der Waals surface area contributed by atoms with Gasteiger partial charge in [0.1, 0.15) is 5.75 Å². The average molecular weight is 457 g/mol. The van der Waals surface area contributed by atoms with Crippen LogP contribution in [0.4, 0.5) is 5.13 Å². The topological polar surface area (TPSA) is 69.0 Å². The maximum Gasteiger partial charge on any atom is 0.236 e. The summed E-state index contributed by atoms with van der Waals surface area (Å²) >= 11 is 8.81. The quantitative estimate of drug-likeness (QED) is 0.377. The molecule has 9 heteroatoms. The highest BCUT2D eigenvalue weighted by atomic mass is 35.5. The lowest BCUT2D eigenvalue weighted by molar-refractivity contribution is -0.113. The standard InChI is InChI=1S/C21H17ClN4O2S2/c1-28-17-8-2-14(3-9-17)18-12-24-21(26(18)16-6-4-15(22)5-7-16)30-13-19(27)25-20-23-10-11-29-20/h2-12H,13H2,1H3,(H,23,25,27). The molecule has 0 saturated carbocycles. The van der Waals surface area contributed by atoms with Crippen LogP contribution in [0.25, 0.3) is 16.9 Å². The summed E-state index contributed by atoms with van der Waals surface area (Å²) in [6.45, 7) is 0. The summed E-state index contributed by atoms with van der Waals surface area (Å²) in [7, 11) is 1.64. The molecule has 0 saturated heterocycles. The number of imidazole rings is 1. The van der Waals surface area contributed by atoms with E-state index >= 15 is 0 Å². The van der Waals surface area contributed by atoms with E-state index in [2.05, 4.69) is 15.3 Å². The van der Waals surface area contributed by atoms with Crippen LogP contribution in [0.2, 0.25) is 5.02 Å². The summed E-state index contributed by atoms with van der Waals surface area (Å²) < 4.78 is 7.27. The molecule has 30 heavy (non-hydrogen) atoms. The lowest BCUT2D eigenvalue weighted by atomic mass is 10.1. The van der Waals surface area contributed by atoms with Crippen molar-refractivity contribution < 1.29 is 9.53 Å². The zero-order valence-electron chi connectivity index (χ0n) is 15.9. The first-order valence-corrected chi connectivity index (χ1v) is 11.2. The molecule has 0 aliphatic carbocycles. The molecule has 4 aromatic rings. The molecular weight excluding hydrogens is 440 g/mol. The number of hydrogen-bond acceptors (Lipinski definition) is 6. The number of nitrogens with one attached hydrogen (secondary N) is 1. The van der Waals surface area contributed by atoms with Gasteiger partial charge < -0.3 is 10.1 Å². The maximum atomic E-state index is 12.3. The maximum absolute atomic E-state index is 12.3. The summed E-state index contributed by atoms with van der Waals surface area (Å²) in [5.41, 5.74) is 2.80. The first-order valence-electron chi connectivity index (χ1n) is 8.94. The number of carbonyl (C=O) groups excluding carboxylic acids is 1. The van der Waals surface area contributed by atoms with E-state index < -0.39 is 0 Å². The molecule has 0 spiro atoms. The Morgan fingerprint density at radius 1 is 1.17 bits per heavy atom. The van der Waals surface area contributed by atoms with Crippen LogP contribution in [-0.4, -0.2) is 33.3 Å². The number of thiazole rings is 1. The van der Waals surface area contributed by atoms with Gasteiger partial charge in [0, 0.05) is 27.9 Å². The molecule has 0 unspecified atom stereocenters. The third kappa shape index (κ3) is 4.67. The Labute approximate surface area is 186 Å². The number of halogens is 1. The molecule has 0 bridgehead atoms. The van der Waals surface area contributed by atoms with Crippen LogP contribution >= 0.6 is 34.7 Å². The van der Waals surface area contributed by atoms with Gasteiger partial charge >= 0.3 is 0 Å². The number of methoxy groups -OCH3 is 1. The van der Waals surface area contributed by atoms with Gasteiger partial charge in [-0.3, -0.25) is 9.36 Å². The van der Waals surface area contributed by atoms with Gasteiger partial charge in [-0.1, -0.05) is 23.4 Å². The second-order valence-corrected chi connectivity index (χ2v) is 8.41. The van der Waals surface area contributed by atoms with E-state index in [1.807, 2.05) is 58.5 Å². The normalized spacial score (nSPS) is 10.7. The van der Waals surface area contributed by atoms with Gasteiger partial charge in [0.2, 0.25) is 5.91 Å². The molecule has 0 fully saturated rings. The molecule has 1 amide bonds. The van der Waals surface area contributed by atoms with Gasteiger partial charge in [0.05, 0.1) is 24.8 Å². The predicted octanol–water partition coefficient (Wildman–Crippen LogP) is 5.39. The smallest absolute Gasteiger partial charge is 0.236 e. The Balaban J connectivity index is 1.63. The van der Waals surface area contributed by atoms with Gasteiger partial charge in [-0.2, -0.15) is 0 Å². The monoisotopic (exact) mass is 456 g/mol. The van der Waals surface area contributed by atoms with Gasteiger partial charge in [0.25, 0.3) is 0 Å². The number of ether oxygens (including phenoxy) is 1. The molecular formula is C21H17ClN4O2S2. The number of nitrogens with zero attached hydrogens (tertiary/aromatic N) is 3. The zero-order valence-corrected chi connectivity index (χ0v) is 18.3. The van der Waals surface area contributed by atoms with Crippen molar-refractivity contribution in [3.8, 4) is 22.7 Å². The van der Waals surface area contributed by atoms with Crippen molar-refractivity contribution in [2.45, 2.75) is 5.16 Å². The molecule has 0 radical (unpaired) electrons. The molecule has 6 nitrogen and oxygen atoms in total. The van der Waals surface area contributed by atoms with Crippen LogP contribution < -0.4 is 10.1 Å². The lowest BCUT2D eigenvalue weighted by Crippen LogP contribution is -2.14. The fourth-order valence-corrected chi connectivity index (χ4v) is 4.28. The van der Waals surface area contributed by atoms with E-state index in [1.165, 1.54) is 23.1 Å². The number of thioether (sulfide) groups is 1. The van der Waals surface area contributed by atoms with Crippen molar-refractivity contribution in [2.24, 2.45) is 0 Å². The predicted molar refractivity (Wildman–Crippen MR) is 122 cm³/mol. The summed E-state index contributed by atoms with van der Waals surface area (Å²) in [6, 6.07) is 15.3. The number of amides is 1. The van der Waals surface area contributed by atoms with E-state index in [-0.39, 0.29) is 11.7 Å². The molecule has 0 aliphatic heterocycles. The van der Waals surface area contributed by atoms with Crippen LogP contribution in [-0.2, 0) is 4.79 Å². The Bertz CT molecular complexity index is 1130. The summed E-state index contributed by atoms with van der Waals surface area (Å²) in [6.07, 6.45) is 3.46. The fourth-order valence-electron chi connectivity index (χ4n) is 2.81. The third-order valence-corrected chi connectivity index (χ3v) is 6.10. The highest BCUT2D eigenvalue weighted by molar-refractivity contribution is 7.99. The highest BCUT2D eigenvalue weighted by Gasteiger charge is 2.16. The van der Waals surface area contributed by atoms with Crippen LogP contribution in [0.3, 0.4) is 0 Å². The summed E-state index contributed by atoms with van der Waals surface area (Å²) in [5, 5.41) is 6.55. The van der Waals surface area contributed by atoms with E-state index in [9.17, 15) is 4.79 Å². The SMILES string of the molecule is COc1ccc(-c2cnc(SCC(=O)Nc3nccs3)n2-c2ccc(Cl)cc2)cc1. The second kappa shape index (κ2) is 9.34. The van der Waals surface area contributed by atoms with Gasteiger partial charge in [-0.05, 0) is 48.5 Å². The van der Waals surface area contributed by atoms with E-state index in [0.29, 0.717) is 15.3 Å². The van der Waals surface area contributed by atoms with Crippen LogP contribution in [0, 0.1) is 0 Å². The molecule has 2 aromatic heterocycles. The molecule has 0 atom stereocenters. The first kappa shape index (κ1) is 20.5. The van der Waals surface area contributed by atoms with Crippen LogP contribution in [0.1, 0.15) is 0 Å². The number of hydrogen-bond donors (Lipinski definition) is 1.